The van der Waals surface area contributed by atoms with Crippen LogP contribution in [0.25, 0.3) is 0 Å². The second kappa shape index (κ2) is 9.07. The number of hydrogen-bond acceptors (Lipinski definition) is 5. The third kappa shape index (κ3) is 4.45. The third-order valence-corrected chi connectivity index (χ3v) is 7.76. The van der Waals surface area contributed by atoms with E-state index in [4.69, 9.17) is 16.3 Å². The molecule has 0 radical (unpaired) electrons. The number of anilines is 2. The van der Waals surface area contributed by atoms with Gasteiger partial charge in [-0.25, -0.2) is 8.42 Å². The highest BCUT2D eigenvalue weighted by molar-refractivity contribution is 7.93. The van der Waals surface area contributed by atoms with E-state index in [-0.39, 0.29) is 9.77 Å². The van der Waals surface area contributed by atoms with Crippen LogP contribution in [0.2, 0.25) is 5.02 Å². The summed E-state index contributed by atoms with van der Waals surface area (Å²) in [7, 11) is -0.953. The molecule has 0 aliphatic carbocycles. The highest BCUT2D eigenvalue weighted by atomic mass is 35.5. The van der Waals surface area contributed by atoms with Gasteiger partial charge in [-0.05, 0) is 53.8 Å². The molecule has 1 N–H and O–H groups in total. The van der Waals surface area contributed by atoms with Gasteiger partial charge in [0.15, 0.2) is 0 Å². The second-order valence-electron chi connectivity index (χ2n) is 6.41. The molecule has 0 saturated heterocycles. The number of halogens is 1. The van der Waals surface area contributed by atoms with Gasteiger partial charge in [0.1, 0.15) is 15.5 Å². The van der Waals surface area contributed by atoms with Crippen molar-refractivity contribution in [1.29, 1.82) is 0 Å². The number of nitrogens with one attached hydrogen (secondary N) is 1. The molecule has 30 heavy (non-hydrogen) atoms. The SMILES string of the molecule is CCc1ccc(N(C)S(=O)(=O)c2ccsc2C(=O)Nc2ccc(OC)c(Cl)c2)cc1. The van der Waals surface area contributed by atoms with Gasteiger partial charge in [0, 0.05) is 12.7 Å². The number of carbonyl (C=O) groups is 1. The molecule has 158 valence electrons. The zero-order chi connectivity index (χ0) is 21.9. The molecule has 9 heteroatoms. The minimum atomic E-state index is -3.92. The highest BCUT2D eigenvalue weighted by Crippen LogP contribution is 2.30. The number of sulfonamides is 1. The van der Waals surface area contributed by atoms with E-state index in [0.717, 1.165) is 23.3 Å². The Bertz CT molecular complexity index is 1160. The fourth-order valence-corrected chi connectivity index (χ4v) is 5.57. The molecule has 3 rings (SSSR count). The topological polar surface area (TPSA) is 75.7 Å². The van der Waals surface area contributed by atoms with Gasteiger partial charge in [0.2, 0.25) is 0 Å². The lowest BCUT2D eigenvalue weighted by Gasteiger charge is -2.20. The zero-order valence-electron chi connectivity index (χ0n) is 16.7. The summed E-state index contributed by atoms with van der Waals surface area (Å²) >= 11 is 7.16. The van der Waals surface area contributed by atoms with Gasteiger partial charge >= 0.3 is 0 Å². The fourth-order valence-electron chi connectivity index (χ4n) is 2.83. The number of benzene rings is 2. The van der Waals surface area contributed by atoms with Crippen molar-refractivity contribution in [2.45, 2.75) is 18.2 Å². The Morgan fingerprint density at radius 1 is 1.17 bits per heavy atom. The van der Waals surface area contributed by atoms with Crippen LogP contribution in [0.1, 0.15) is 22.2 Å². The molecule has 0 atom stereocenters. The van der Waals surface area contributed by atoms with Crippen LogP contribution in [0.4, 0.5) is 11.4 Å². The Labute approximate surface area is 185 Å². The third-order valence-electron chi connectivity index (χ3n) is 4.59. The molecule has 1 heterocycles. The maximum Gasteiger partial charge on any atom is 0.267 e. The normalized spacial score (nSPS) is 11.2. The molecule has 0 unspecified atom stereocenters. The van der Waals surface area contributed by atoms with Gasteiger partial charge in [-0.1, -0.05) is 30.7 Å². The lowest BCUT2D eigenvalue weighted by atomic mass is 10.1. The van der Waals surface area contributed by atoms with Gasteiger partial charge in [0.05, 0.1) is 17.8 Å². The summed E-state index contributed by atoms with van der Waals surface area (Å²) in [6.07, 6.45) is 0.862. The van der Waals surface area contributed by atoms with E-state index in [0.29, 0.717) is 22.1 Å². The van der Waals surface area contributed by atoms with Crippen LogP contribution in [0.15, 0.2) is 58.8 Å². The number of methoxy groups -OCH3 is 1. The van der Waals surface area contributed by atoms with Crippen LogP contribution >= 0.6 is 22.9 Å². The summed E-state index contributed by atoms with van der Waals surface area (Å²) in [5, 5.41) is 4.61. The minimum Gasteiger partial charge on any atom is -0.495 e. The molecule has 0 spiro atoms. The lowest BCUT2D eigenvalue weighted by Crippen LogP contribution is -2.28. The van der Waals surface area contributed by atoms with Crippen LogP contribution in [-0.2, 0) is 16.4 Å². The largest absolute Gasteiger partial charge is 0.495 e. The molecular formula is C21H21ClN2O4S2. The minimum absolute atomic E-state index is 0.0494. The smallest absolute Gasteiger partial charge is 0.267 e. The fraction of sp³-hybridized carbons (Fsp3) is 0.190. The van der Waals surface area contributed by atoms with E-state index < -0.39 is 15.9 Å². The van der Waals surface area contributed by atoms with E-state index in [1.54, 1.807) is 35.7 Å². The summed E-state index contributed by atoms with van der Waals surface area (Å²) in [6, 6.07) is 13.5. The van der Waals surface area contributed by atoms with Crippen molar-refractivity contribution < 1.29 is 17.9 Å². The molecule has 2 aromatic carbocycles. The van der Waals surface area contributed by atoms with Gasteiger partial charge in [-0.3, -0.25) is 9.10 Å². The Kier molecular flexibility index (Phi) is 6.70. The van der Waals surface area contributed by atoms with Crippen LogP contribution in [0.3, 0.4) is 0 Å². The Hall–Kier alpha value is -2.55. The quantitative estimate of drug-likeness (QED) is 0.530. The first-order chi connectivity index (χ1) is 14.3. The van der Waals surface area contributed by atoms with Crippen molar-refractivity contribution in [2.24, 2.45) is 0 Å². The first-order valence-electron chi connectivity index (χ1n) is 9.08. The summed E-state index contributed by atoms with van der Waals surface area (Å²) in [6.45, 7) is 2.03. The van der Waals surface area contributed by atoms with Crippen molar-refractivity contribution in [3.05, 3.63) is 69.4 Å². The molecule has 0 bridgehead atoms. The van der Waals surface area contributed by atoms with Crippen molar-refractivity contribution in [1.82, 2.24) is 0 Å². The Morgan fingerprint density at radius 2 is 1.87 bits per heavy atom. The Balaban J connectivity index is 1.87. The van der Waals surface area contributed by atoms with Crippen LogP contribution in [0.5, 0.6) is 5.75 Å². The molecule has 1 amide bonds. The number of amides is 1. The first kappa shape index (κ1) is 22.1. The van der Waals surface area contributed by atoms with Crippen LogP contribution in [0, 0.1) is 0 Å². The predicted octanol–water partition coefficient (Wildman–Crippen LogP) is 5.05. The molecule has 0 aliphatic heterocycles. The van der Waals surface area contributed by atoms with Gasteiger partial charge < -0.3 is 10.1 Å². The molecule has 0 aliphatic rings. The molecule has 6 nitrogen and oxygen atoms in total. The maximum absolute atomic E-state index is 13.2. The number of carbonyl (C=O) groups excluding carboxylic acids is 1. The summed E-state index contributed by atoms with van der Waals surface area (Å²) < 4.78 is 32.6. The molecule has 0 fully saturated rings. The van der Waals surface area contributed by atoms with E-state index in [1.807, 2.05) is 19.1 Å². The van der Waals surface area contributed by atoms with Crippen LogP contribution in [-0.4, -0.2) is 28.5 Å². The number of thiophene rings is 1. The molecular weight excluding hydrogens is 444 g/mol. The standard InChI is InChI=1S/C21H21ClN2O4S2/c1-4-14-5-8-16(9-6-14)24(2)30(26,27)19-11-12-29-20(19)21(25)23-15-7-10-18(28-3)17(22)13-15/h5-13H,4H2,1-3H3,(H,23,25). The van der Waals surface area contributed by atoms with Crippen LogP contribution < -0.4 is 14.4 Å². The number of hydrogen-bond donors (Lipinski definition) is 1. The maximum atomic E-state index is 13.2. The van der Waals surface area contributed by atoms with Crippen molar-refractivity contribution >= 4 is 50.2 Å². The average Bonchev–Trinajstić information content (AvgIpc) is 3.24. The van der Waals surface area contributed by atoms with Crippen molar-refractivity contribution in [3.63, 3.8) is 0 Å². The van der Waals surface area contributed by atoms with Crippen molar-refractivity contribution in [2.75, 3.05) is 23.8 Å². The monoisotopic (exact) mass is 464 g/mol. The van der Waals surface area contributed by atoms with E-state index in [2.05, 4.69) is 5.32 Å². The average molecular weight is 465 g/mol. The number of ether oxygens (including phenoxy) is 1. The number of nitrogens with zero attached hydrogens (tertiary/aromatic N) is 1. The molecule has 1 aromatic heterocycles. The lowest BCUT2D eigenvalue weighted by molar-refractivity contribution is 0.102. The summed E-state index contributed by atoms with van der Waals surface area (Å²) in [4.78, 5) is 12.8. The number of aryl methyl sites for hydroxylation is 1. The molecule has 3 aromatic rings. The van der Waals surface area contributed by atoms with Gasteiger partial charge in [-0.15, -0.1) is 11.3 Å². The number of rotatable bonds is 7. The van der Waals surface area contributed by atoms with E-state index >= 15 is 0 Å². The first-order valence-corrected chi connectivity index (χ1v) is 11.8. The van der Waals surface area contributed by atoms with Crippen molar-refractivity contribution in [3.8, 4) is 5.75 Å². The van der Waals surface area contributed by atoms with Gasteiger partial charge in [-0.2, -0.15) is 0 Å². The zero-order valence-corrected chi connectivity index (χ0v) is 19.1. The summed E-state index contributed by atoms with van der Waals surface area (Å²) in [5.74, 6) is -0.0516. The summed E-state index contributed by atoms with van der Waals surface area (Å²) in [5.41, 5.74) is 2.07. The molecule has 0 saturated carbocycles. The van der Waals surface area contributed by atoms with Gasteiger partial charge in [0.25, 0.3) is 15.9 Å². The van der Waals surface area contributed by atoms with E-state index in [9.17, 15) is 13.2 Å². The highest BCUT2D eigenvalue weighted by Gasteiger charge is 2.28. The van der Waals surface area contributed by atoms with E-state index in [1.165, 1.54) is 24.5 Å². The second-order valence-corrected chi connectivity index (χ2v) is 9.67. The predicted molar refractivity (Wildman–Crippen MR) is 122 cm³/mol. The Morgan fingerprint density at radius 3 is 2.47 bits per heavy atom.